The number of carbonyl (C=O) groups excluding carboxylic acids is 3. The molecule has 3 aromatic rings. The number of hydrogen-bond acceptors (Lipinski definition) is 6. The number of alkyl carbamates (subject to hydrolysis) is 1. The number of pyridine rings is 1. The number of carbonyl (C=O) groups is 3. The smallest absolute Gasteiger partial charge is 0.411 e. The molecule has 0 aliphatic heterocycles. The number of amides is 3. The highest BCUT2D eigenvalue weighted by Crippen LogP contribution is 2.19. The summed E-state index contributed by atoms with van der Waals surface area (Å²) in [5, 5.41) is 5.19. The highest BCUT2D eigenvalue weighted by molar-refractivity contribution is 9.10. The van der Waals surface area contributed by atoms with Crippen molar-refractivity contribution >= 4 is 45.4 Å². The Morgan fingerprint density at radius 1 is 0.844 bits per heavy atom. The van der Waals surface area contributed by atoms with Crippen molar-refractivity contribution in [2.24, 2.45) is 0 Å². The molecule has 0 aliphatic carbocycles. The Balaban J connectivity index is 0.00000705. The van der Waals surface area contributed by atoms with Crippen LogP contribution in [0.4, 0.5) is 21.0 Å². The van der Waals surface area contributed by atoms with Gasteiger partial charge in [0.05, 0.1) is 24.2 Å². The number of rotatable bonds is 17. The standard InChI is InChI=1S/C33H41BrN4O6.ClH/c1-3-5-6-10-20-42-30-15-13-28(14-16-30)36-33(41)43-21-17-35-32(40)44-22-19-38(29-11-8-7-9-12-29)31(39)26-23-27(34)25-37(24-26)18-4-2;/h7-9,11-16,23-25H,3-6,10,17-22H2,1-2H3,(H-,35,36,40,41);1H. The normalized spacial score (nSPS) is 10.3. The lowest BCUT2D eigenvalue weighted by atomic mass is 10.2. The Morgan fingerprint density at radius 3 is 2.29 bits per heavy atom. The summed E-state index contributed by atoms with van der Waals surface area (Å²) in [6.07, 6.45) is 7.90. The maximum atomic E-state index is 13.5. The molecule has 0 saturated heterocycles. The summed E-state index contributed by atoms with van der Waals surface area (Å²) in [4.78, 5) is 39.4. The minimum absolute atomic E-state index is 0. The minimum atomic E-state index is -0.678. The molecule has 0 unspecified atom stereocenters. The fourth-order valence-electron chi connectivity index (χ4n) is 4.30. The number of nitrogens with zero attached hydrogens (tertiary/aromatic N) is 2. The molecule has 10 nitrogen and oxygen atoms in total. The molecular weight excluding hydrogens is 664 g/mol. The minimum Gasteiger partial charge on any atom is -1.00 e. The van der Waals surface area contributed by atoms with E-state index < -0.39 is 12.2 Å². The van der Waals surface area contributed by atoms with Crippen molar-refractivity contribution in [1.29, 1.82) is 0 Å². The van der Waals surface area contributed by atoms with Crippen LogP contribution in [-0.4, -0.2) is 51.0 Å². The summed E-state index contributed by atoms with van der Waals surface area (Å²) in [5.74, 6) is 0.531. The van der Waals surface area contributed by atoms with Gasteiger partial charge in [0.15, 0.2) is 12.4 Å². The third kappa shape index (κ3) is 13.8. The predicted octanol–water partition coefficient (Wildman–Crippen LogP) is 3.73. The van der Waals surface area contributed by atoms with Crippen LogP contribution in [0, 0.1) is 0 Å². The molecule has 45 heavy (non-hydrogen) atoms. The number of ether oxygens (including phenoxy) is 3. The van der Waals surface area contributed by atoms with Gasteiger partial charge in [-0.05, 0) is 64.8 Å². The zero-order valence-electron chi connectivity index (χ0n) is 25.8. The van der Waals surface area contributed by atoms with Gasteiger partial charge in [0.25, 0.3) is 5.91 Å². The van der Waals surface area contributed by atoms with Gasteiger partial charge in [-0.3, -0.25) is 10.1 Å². The van der Waals surface area contributed by atoms with Crippen LogP contribution in [0.5, 0.6) is 5.75 Å². The molecule has 2 N–H and O–H groups in total. The van der Waals surface area contributed by atoms with Crippen LogP contribution in [0.25, 0.3) is 0 Å². The van der Waals surface area contributed by atoms with Crippen molar-refractivity contribution in [3.8, 4) is 5.75 Å². The number of benzene rings is 2. The van der Waals surface area contributed by atoms with E-state index in [0.29, 0.717) is 23.5 Å². The first-order valence-corrected chi connectivity index (χ1v) is 15.8. The average molecular weight is 706 g/mol. The molecular formula is C33H42BrClN4O6. The molecule has 0 aliphatic rings. The summed E-state index contributed by atoms with van der Waals surface area (Å²) in [5.41, 5.74) is 1.77. The topological polar surface area (TPSA) is 110 Å². The van der Waals surface area contributed by atoms with Gasteiger partial charge in [-0.25, -0.2) is 14.2 Å². The molecule has 1 aromatic heterocycles. The van der Waals surface area contributed by atoms with Crippen LogP contribution < -0.4 is 37.2 Å². The SMILES string of the molecule is CCCCCCOc1ccc(NC(=O)OCCNC(=O)OCCN(C(=O)c2cc(Br)c[n+](CCC)c2)c2ccccc2)cc1.[Cl-]. The van der Waals surface area contributed by atoms with Gasteiger partial charge >= 0.3 is 12.2 Å². The van der Waals surface area contributed by atoms with Crippen molar-refractivity contribution < 1.29 is 45.6 Å². The second-order valence-corrected chi connectivity index (χ2v) is 10.9. The van der Waals surface area contributed by atoms with Gasteiger partial charge in [-0.1, -0.05) is 51.3 Å². The first kappa shape index (κ1) is 37.4. The summed E-state index contributed by atoms with van der Waals surface area (Å²) < 4.78 is 18.9. The summed E-state index contributed by atoms with van der Waals surface area (Å²) in [6, 6.07) is 18.0. The second-order valence-electron chi connectivity index (χ2n) is 10.0. The van der Waals surface area contributed by atoms with Crippen LogP contribution >= 0.6 is 15.9 Å². The Hall–Kier alpha value is -3.83. The second kappa shape index (κ2) is 21.0. The van der Waals surface area contributed by atoms with Gasteiger partial charge in [0.2, 0.25) is 0 Å². The van der Waals surface area contributed by atoms with Crippen LogP contribution in [0.1, 0.15) is 56.3 Å². The van der Waals surface area contributed by atoms with Gasteiger partial charge in [-0.15, -0.1) is 0 Å². The highest BCUT2D eigenvalue weighted by atomic mass is 79.9. The first-order valence-electron chi connectivity index (χ1n) is 15.0. The Bertz CT molecular complexity index is 1330. The molecule has 0 radical (unpaired) electrons. The van der Waals surface area contributed by atoms with Crippen molar-refractivity contribution in [3.63, 3.8) is 0 Å². The van der Waals surface area contributed by atoms with Crippen molar-refractivity contribution in [1.82, 2.24) is 5.32 Å². The van der Waals surface area contributed by atoms with Gasteiger partial charge in [0.1, 0.15) is 31.1 Å². The lowest BCUT2D eigenvalue weighted by Crippen LogP contribution is -3.00. The van der Waals surface area contributed by atoms with E-state index in [1.54, 1.807) is 35.2 Å². The van der Waals surface area contributed by atoms with E-state index >= 15 is 0 Å². The van der Waals surface area contributed by atoms with Gasteiger partial charge in [0, 0.05) is 17.8 Å². The molecule has 0 bridgehead atoms. The van der Waals surface area contributed by atoms with E-state index in [9.17, 15) is 14.4 Å². The van der Waals surface area contributed by atoms with Crippen molar-refractivity contribution in [2.45, 2.75) is 52.5 Å². The van der Waals surface area contributed by atoms with Gasteiger partial charge < -0.3 is 36.8 Å². The van der Waals surface area contributed by atoms with E-state index in [4.69, 9.17) is 14.2 Å². The zero-order valence-corrected chi connectivity index (χ0v) is 28.1. The van der Waals surface area contributed by atoms with Crippen molar-refractivity contribution in [3.05, 3.63) is 83.1 Å². The Kier molecular flexibility index (Phi) is 17.4. The highest BCUT2D eigenvalue weighted by Gasteiger charge is 2.21. The number of anilines is 2. The Morgan fingerprint density at radius 2 is 1.58 bits per heavy atom. The van der Waals surface area contributed by atoms with E-state index in [2.05, 4.69) is 40.4 Å². The van der Waals surface area contributed by atoms with E-state index in [-0.39, 0.29) is 44.6 Å². The third-order valence-corrected chi connectivity index (χ3v) is 6.88. The largest absolute Gasteiger partial charge is 1.00 e. The summed E-state index contributed by atoms with van der Waals surface area (Å²) in [6.45, 7) is 5.82. The molecule has 0 fully saturated rings. The molecule has 244 valence electrons. The number of hydrogen-bond donors (Lipinski definition) is 2. The molecule has 12 heteroatoms. The van der Waals surface area contributed by atoms with Crippen LogP contribution in [0.15, 0.2) is 77.5 Å². The number of aryl methyl sites for hydroxylation is 1. The number of halogens is 2. The number of nitrogens with one attached hydrogen (secondary N) is 2. The lowest BCUT2D eigenvalue weighted by Gasteiger charge is -2.22. The van der Waals surface area contributed by atoms with Crippen molar-refractivity contribution in [2.75, 3.05) is 43.1 Å². The van der Waals surface area contributed by atoms with Crippen LogP contribution in [0.3, 0.4) is 0 Å². The fraction of sp³-hybridized carbons (Fsp3) is 0.394. The van der Waals surface area contributed by atoms with E-state index in [1.165, 1.54) is 12.8 Å². The molecule has 1 heterocycles. The number of unbranched alkanes of at least 4 members (excludes halogenated alkanes) is 3. The number of aromatic nitrogens is 1. The Labute approximate surface area is 280 Å². The number of para-hydroxylation sites is 1. The summed E-state index contributed by atoms with van der Waals surface area (Å²) >= 11 is 3.49. The molecule has 0 atom stereocenters. The average Bonchev–Trinajstić information content (AvgIpc) is 3.02. The quantitative estimate of drug-likeness (QED) is 0.164. The maximum Gasteiger partial charge on any atom is 0.411 e. The van der Waals surface area contributed by atoms with E-state index in [1.807, 2.05) is 47.3 Å². The molecule has 2 aromatic carbocycles. The van der Waals surface area contributed by atoms with Crippen LogP contribution in [-0.2, 0) is 16.0 Å². The van der Waals surface area contributed by atoms with Crippen LogP contribution in [0.2, 0.25) is 0 Å². The monoisotopic (exact) mass is 704 g/mol. The third-order valence-electron chi connectivity index (χ3n) is 6.45. The molecule has 0 spiro atoms. The van der Waals surface area contributed by atoms with E-state index in [0.717, 1.165) is 36.0 Å². The summed E-state index contributed by atoms with van der Waals surface area (Å²) in [7, 11) is 0. The zero-order chi connectivity index (χ0) is 31.6. The fourth-order valence-corrected chi connectivity index (χ4v) is 4.81. The maximum absolute atomic E-state index is 13.5. The molecule has 3 rings (SSSR count). The predicted molar refractivity (Wildman–Crippen MR) is 173 cm³/mol. The van der Waals surface area contributed by atoms with Gasteiger partial charge in [-0.2, -0.15) is 0 Å². The lowest BCUT2D eigenvalue weighted by molar-refractivity contribution is -0.697. The molecule has 3 amide bonds. The molecule has 0 saturated carbocycles. The first-order chi connectivity index (χ1) is 21.4.